The number of amides is 1. The molecule has 3 aromatic carbocycles. The SMILES string of the molecule is Cc1ccc(SCc2ccc(C(=O)NCCOCc3ccccc3)cc2)cc1. The zero-order chi connectivity index (χ0) is 19.6. The number of benzene rings is 3. The molecule has 144 valence electrons. The molecule has 1 N–H and O–H groups in total. The summed E-state index contributed by atoms with van der Waals surface area (Å²) >= 11 is 1.80. The van der Waals surface area contributed by atoms with Gasteiger partial charge in [0.05, 0.1) is 13.2 Å². The lowest BCUT2D eigenvalue weighted by atomic mass is 10.1. The minimum absolute atomic E-state index is 0.0685. The molecule has 0 saturated carbocycles. The number of hydrogen-bond acceptors (Lipinski definition) is 3. The highest BCUT2D eigenvalue weighted by Crippen LogP contribution is 2.23. The molecule has 1 amide bonds. The zero-order valence-corrected chi connectivity index (χ0v) is 16.9. The fourth-order valence-electron chi connectivity index (χ4n) is 2.66. The van der Waals surface area contributed by atoms with Crippen molar-refractivity contribution < 1.29 is 9.53 Å². The lowest BCUT2D eigenvalue weighted by Gasteiger charge is -2.08. The molecule has 0 radical (unpaired) electrons. The largest absolute Gasteiger partial charge is 0.375 e. The number of nitrogens with one attached hydrogen (secondary N) is 1. The van der Waals surface area contributed by atoms with E-state index in [-0.39, 0.29) is 5.91 Å². The second-order valence-corrected chi connectivity index (χ2v) is 7.64. The Labute approximate surface area is 171 Å². The molecule has 4 heteroatoms. The monoisotopic (exact) mass is 391 g/mol. The molecule has 3 rings (SSSR count). The summed E-state index contributed by atoms with van der Waals surface area (Å²) in [6, 6.07) is 26.3. The summed E-state index contributed by atoms with van der Waals surface area (Å²) in [5, 5.41) is 2.90. The lowest BCUT2D eigenvalue weighted by Crippen LogP contribution is -2.27. The van der Waals surface area contributed by atoms with E-state index >= 15 is 0 Å². The number of carbonyl (C=O) groups is 1. The van der Waals surface area contributed by atoms with Crippen LogP contribution in [0.2, 0.25) is 0 Å². The Morgan fingerprint density at radius 3 is 2.32 bits per heavy atom. The van der Waals surface area contributed by atoms with Crippen LogP contribution < -0.4 is 5.32 Å². The molecule has 3 nitrogen and oxygen atoms in total. The fourth-order valence-corrected chi connectivity index (χ4v) is 3.51. The standard InChI is InChI=1S/C24H25NO2S/c1-19-7-13-23(14-8-19)28-18-21-9-11-22(12-10-21)24(26)25-15-16-27-17-20-5-3-2-4-6-20/h2-14H,15-18H2,1H3,(H,25,26). The molecular formula is C24H25NO2S. The van der Waals surface area contributed by atoms with Crippen LogP contribution >= 0.6 is 11.8 Å². The molecule has 0 aromatic heterocycles. The maximum absolute atomic E-state index is 12.2. The van der Waals surface area contributed by atoms with Crippen LogP contribution in [0.25, 0.3) is 0 Å². The predicted molar refractivity (Wildman–Crippen MR) is 116 cm³/mol. The molecule has 0 aliphatic heterocycles. The van der Waals surface area contributed by atoms with E-state index in [1.807, 2.05) is 54.6 Å². The maximum Gasteiger partial charge on any atom is 0.251 e. The van der Waals surface area contributed by atoms with Gasteiger partial charge >= 0.3 is 0 Å². The van der Waals surface area contributed by atoms with Crippen LogP contribution in [0, 0.1) is 6.92 Å². The Balaban J connectivity index is 1.37. The quantitative estimate of drug-likeness (QED) is 0.401. The molecule has 0 unspecified atom stereocenters. The van der Waals surface area contributed by atoms with Gasteiger partial charge in [-0.15, -0.1) is 11.8 Å². The fraction of sp³-hybridized carbons (Fsp3) is 0.208. The molecule has 0 aliphatic rings. The van der Waals surface area contributed by atoms with Crippen molar-refractivity contribution in [2.24, 2.45) is 0 Å². The van der Waals surface area contributed by atoms with E-state index in [2.05, 4.69) is 36.5 Å². The van der Waals surface area contributed by atoms with Crippen LogP contribution in [0.15, 0.2) is 83.8 Å². The third-order valence-electron chi connectivity index (χ3n) is 4.29. The molecule has 0 heterocycles. The molecule has 0 aliphatic carbocycles. The third kappa shape index (κ3) is 6.55. The zero-order valence-electron chi connectivity index (χ0n) is 16.1. The van der Waals surface area contributed by atoms with E-state index in [4.69, 9.17) is 4.74 Å². The van der Waals surface area contributed by atoms with Gasteiger partial charge in [0.25, 0.3) is 5.91 Å². The van der Waals surface area contributed by atoms with Gasteiger partial charge < -0.3 is 10.1 Å². The second kappa shape index (κ2) is 10.7. The minimum atomic E-state index is -0.0685. The van der Waals surface area contributed by atoms with E-state index in [0.717, 1.165) is 11.3 Å². The summed E-state index contributed by atoms with van der Waals surface area (Å²) in [5.74, 6) is 0.819. The van der Waals surface area contributed by atoms with Gasteiger partial charge in [-0.3, -0.25) is 4.79 Å². The first-order valence-electron chi connectivity index (χ1n) is 9.39. The number of thioether (sulfide) groups is 1. The number of ether oxygens (including phenoxy) is 1. The van der Waals surface area contributed by atoms with E-state index in [9.17, 15) is 4.79 Å². The Bertz CT molecular complexity index is 861. The van der Waals surface area contributed by atoms with Gasteiger partial charge in [0.1, 0.15) is 0 Å². The van der Waals surface area contributed by atoms with Crippen LogP contribution in [-0.4, -0.2) is 19.1 Å². The molecule has 0 fully saturated rings. The van der Waals surface area contributed by atoms with E-state index in [0.29, 0.717) is 25.3 Å². The summed E-state index contributed by atoms with van der Waals surface area (Å²) in [5.41, 5.74) is 4.28. The smallest absolute Gasteiger partial charge is 0.251 e. The molecule has 0 atom stereocenters. The summed E-state index contributed by atoms with van der Waals surface area (Å²) in [6.45, 7) is 3.64. The Morgan fingerprint density at radius 2 is 1.61 bits per heavy atom. The first-order chi connectivity index (χ1) is 13.7. The van der Waals surface area contributed by atoms with E-state index < -0.39 is 0 Å². The van der Waals surface area contributed by atoms with Gasteiger partial charge in [0, 0.05) is 22.8 Å². The van der Waals surface area contributed by atoms with E-state index in [1.165, 1.54) is 16.0 Å². The van der Waals surface area contributed by atoms with Gasteiger partial charge in [-0.25, -0.2) is 0 Å². The van der Waals surface area contributed by atoms with Crippen molar-refractivity contribution in [1.82, 2.24) is 5.32 Å². The minimum Gasteiger partial charge on any atom is -0.375 e. The van der Waals surface area contributed by atoms with Gasteiger partial charge in [-0.2, -0.15) is 0 Å². The average molecular weight is 392 g/mol. The Morgan fingerprint density at radius 1 is 0.893 bits per heavy atom. The van der Waals surface area contributed by atoms with Crippen LogP contribution in [-0.2, 0) is 17.1 Å². The molecule has 3 aromatic rings. The van der Waals surface area contributed by atoms with Crippen molar-refractivity contribution in [1.29, 1.82) is 0 Å². The van der Waals surface area contributed by atoms with Crippen LogP contribution in [0.3, 0.4) is 0 Å². The van der Waals surface area contributed by atoms with Gasteiger partial charge in [-0.1, -0.05) is 60.2 Å². The third-order valence-corrected chi connectivity index (χ3v) is 5.37. The number of carbonyl (C=O) groups excluding carboxylic acids is 1. The first-order valence-corrected chi connectivity index (χ1v) is 10.4. The average Bonchev–Trinajstić information content (AvgIpc) is 2.74. The number of aryl methyl sites for hydroxylation is 1. The first kappa shape index (κ1) is 20.2. The number of hydrogen-bond donors (Lipinski definition) is 1. The topological polar surface area (TPSA) is 38.3 Å². The van der Waals surface area contributed by atoms with E-state index in [1.54, 1.807) is 11.8 Å². The summed E-state index contributed by atoms with van der Waals surface area (Å²) < 4.78 is 5.59. The summed E-state index contributed by atoms with van der Waals surface area (Å²) in [4.78, 5) is 13.5. The second-order valence-electron chi connectivity index (χ2n) is 6.59. The highest BCUT2D eigenvalue weighted by Gasteiger charge is 2.05. The van der Waals surface area contributed by atoms with Crippen LogP contribution in [0.1, 0.15) is 27.0 Å². The van der Waals surface area contributed by atoms with Gasteiger partial charge in [0.2, 0.25) is 0 Å². The van der Waals surface area contributed by atoms with Crippen molar-refractivity contribution in [3.05, 3.63) is 101 Å². The molecule has 28 heavy (non-hydrogen) atoms. The number of rotatable bonds is 9. The van der Waals surface area contributed by atoms with Crippen LogP contribution in [0.5, 0.6) is 0 Å². The van der Waals surface area contributed by atoms with Gasteiger partial charge in [-0.05, 0) is 42.3 Å². The highest BCUT2D eigenvalue weighted by atomic mass is 32.2. The summed E-state index contributed by atoms with van der Waals surface area (Å²) in [7, 11) is 0. The maximum atomic E-state index is 12.2. The molecule has 0 saturated heterocycles. The van der Waals surface area contributed by atoms with Crippen molar-refractivity contribution in [3.63, 3.8) is 0 Å². The van der Waals surface area contributed by atoms with Crippen molar-refractivity contribution in [3.8, 4) is 0 Å². The summed E-state index contributed by atoms with van der Waals surface area (Å²) in [6.07, 6.45) is 0. The van der Waals surface area contributed by atoms with Crippen molar-refractivity contribution in [2.75, 3.05) is 13.2 Å². The molecule has 0 spiro atoms. The predicted octanol–water partition coefficient (Wildman–Crippen LogP) is 5.23. The Kier molecular flexibility index (Phi) is 7.71. The van der Waals surface area contributed by atoms with Gasteiger partial charge in [0.15, 0.2) is 0 Å². The molecular weight excluding hydrogens is 366 g/mol. The lowest BCUT2D eigenvalue weighted by molar-refractivity contribution is 0.0901. The van der Waals surface area contributed by atoms with Crippen LogP contribution in [0.4, 0.5) is 0 Å². The highest BCUT2D eigenvalue weighted by molar-refractivity contribution is 7.98. The molecule has 0 bridgehead atoms. The van der Waals surface area contributed by atoms with Crippen molar-refractivity contribution >= 4 is 17.7 Å². The Hall–Kier alpha value is -2.56. The normalized spacial score (nSPS) is 10.6. The van der Waals surface area contributed by atoms with Crippen molar-refractivity contribution in [2.45, 2.75) is 24.2 Å².